The van der Waals surface area contributed by atoms with Gasteiger partial charge in [-0.05, 0) is 58.8 Å². The van der Waals surface area contributed by atoms with E-state index in [0.29, 0.717) is 19.8 Å². The average Bonchev–Trinajstić information content (AvgIpc) is 2.69. The summed E-state index contributed by atoms with van der Waals surface area (Å²) in [4.78, 5) is 3.07. The van der Waals surface area contributed by atoms with Gasteiger partial charge in [-0.2, -0.15) is 0 Å². The Hall–Kier alpha value is -1.17. The number of hydrogen-bond donors (Lipinski definition) is 1. The van der Waals surface area contributed by atoms with Gasteiger partial charge >= 0.3 is 0 Å². The molecule has 20 heavy (non-hydrogen) atoms. The minimum absolute atomic E-state index is 0.335. The van der Waals surface area contributed by atoms with Gasteiger partial charge in [0.2, 0.25) is 0 Å². The van der Waals surface area contributed by atoms with Crippen molar-refractivity contribution in [3.8, 4) is 5.69 Å². The highest BCUT2D eigenvalue weighted by Crippen LogP contribution is 2.27. The normalized spacial score (nSPS) is 11.2. The van der Waals surface area contributed by atoms with Crippen molar-refractivity contribution < 1.29 is 4.39 Å². The smallest absolute Gasteiger partial charge is 0.182 e. The van der Waals surface area contributed by atoms with Crippen molar-refractivity contribution in [3.63, 3.8) is 0 Å². The summed E-state index contributed by atoms with van der Waals surface area (Å²) in [5.74, 6) is -0.335. The largest absolute Gasteiger partial charge is 0.330 e. The molecule has 3 aromatic rings. The second-order valence-electron chi connectivity index (χ2n) is 4.48. The average molecular weight is 372 g/mol. The molecule has 0 radical (unpaired) electrons. The van der Waals surface area contributed by atoms with Gasteiger partial charge in [0.15, 0.2) is 4.77 Å². The van der Waals surface area contributed by atoms with Crippen LogP contribution in [-0.4, -0.2) is 9.55 Å². The number of aryl methyl sites for hydroxylation is 1. The van der Waals surface area contributed by atoms with Crippen molar-refractivity contribution in [1.29, 1.82) is 0 Å². The van der Waals surface area contributed by atoms with Gasteiger partial charge in [-0.1, -0.05) is 17.7 Å². The quantitative estimate of drug-likeness (QED) is 0.556. The van der Waals surface area contributed by atoms with Crippen LogP contribution in [0, 0.1) is 17.5 Å². The molecule has 0 saturated carbocycles. The van der Waals surface area contributed by atoms with E-state index < -0.39 is 0 Å². The molecule has 0 bridgehead atoms. The molecule has 0 spiro atoms. The van der Waals surface area contributed by atoms with E-state index in [2.05, 4.69) is 20.9 Å². The molecule has 0 amide bonds. The second kappa shape index (κ2) is 4.98. The highest BCUT2D eigenvalue weighted by molar-refractivity contribution is 9.10. The first-order valence-electron chi connectivity index (χ1n) is 5.83. The van der Waals surface area contributed by atoms with Crippen LogP contribution in [0.5, 0.6) is 0 Å². The van der Waals surface area contributed by atoms with Crippen molar-refractivity contribution in [3.05, 3.63) is 56.0 Å². The highest BCUT2D eigenvalue weighted by atomic mass is 79.9. The number of fused-ring (bicyclic) bond motifs is 1. The number of rotatable bonds is 1. The second-order valence-corrected chi connectivity index (χ2v) is 6.13. The molecule has 1 heterocycles. The molecule has 2 nitrogen and oxygen atoms in total. The third kappa shape index (κ3) is 2.20. The fourth-order valence-corrected chi connectivity index (χ4v) is 2.91. The lowest BCUT2D eigenvalue weighted by Crippen LogP contribution is -1.95. The van der Waals surface area contributed by atoms with Crippen LogP contribution < -0.4 is 0 Å². The summed E-state index contributed by atoms with van der Waals surface area (Å²) < 4.78 is 16.4. The zero-order valence-electron chi connectivity index (χ0n) is 10.4. The minimum atomic E-state index is -0.335. The zero-order valence-corrected chi connectivity index (χ0v) is 13.5. The van der Waals surface area contributed by atoms with E-state index in [1.807, 2.05) is 25.1 Å². The lowest BCUT2D eigenvalue weighted by atomic mass is 10.2. The van der Waals surface area contributed by atoms with Crippen LogP contribution in [0.3, 0.4) is 0 Å². The van der Waals surface area contributed by atoms with Crippen molar-refractivity contribution in [2.75, 3.05) is 0 Å². The summed E-state index contributed by atoms with van der Waals surface area (Å²) in [5, 5.41) is 0.649. The number of H-pyrrole nitrogens is 1. The van der Waals surface area contributed by atoms with Gasteiger partial charge in [-0.25, -0.2) is 4.39 Å². The summed E-state index contributed by atoms with van der Waals surface area (Å²) in [6.45, 7) is 1.93. The SMILES string of the molecule is Cc1ccc(-n2c(=S)[nH]c3cc(Br)c(F)cc32)cc1Cl. The van der Waals surface area contributed by atoms with Gasteiger partial charge in [-0.3, -0.25) is 4.57 Å². The molecule has 2 aromatic carbocycles. The molecule has 6 heteroatoms. The van der Waals surface area contributed by atoms with Crippen LogP contribution in [0.4, 0.5) is 4.39 Å². The number of aromatic amines is 1. The number of hydrogen-bond acceptors (Lipinski definition) is 1. The van der Waals surface area contributed by atoms with Gasteiger partial charge in [0.05, 0.1) is 15.5 Å². The standard InChI is InChI=1S/C14H9BrClFN2S/c1-7-2-3-8(4-10(7)16)19-13-6-11(17)9(15)5-12(13)18-14(19)20/h2-6H,1H3,(H,18,20). The minimum Gasteiger partial charge on any atom is -0.330 e. The third-order valence-electron chi connectivity index (χ3n) is 3.14. The Morgan fingerprint density at radius 2 is 2.05 bits per heavy atom. The molecule has 0 saturated heterocycles. The highest BCUT2D eigenvalue weighted by Gasteiger charge is 2.11. The Bertz CT molecular complexity index is 885. The van der Waals surface area contributed by atoms with Crippen molar-refractivity contribution in [1.82, 2.24) is 9.55 Å². The molecule has 102 valence electrons. The molecule has 1 aromatic heterocycles. The fourth-order valence-electron chi connectivity index (χ4n) is 2.08. The van der Waals surface area contributed by atoms with E-state index in [-0.39, 0.29) is 5.82 Å². The Kier molecular flexibility index (Phi) is 3.44. The van der Waals surface area contributed by atoms with Crippen molar-refractivity contribution in [2.24, 2.45) is 0 Å². The van der Waals surface area contributed by atoms with Gasteiger partial charge in [0.25, 0.3) is 0 Å². The van der Waals surface area contributed by atoms with Crippen LogP contribution in [0.1, 0.15) is 5.56 Å². The number of imidazole rings is 1. The van der Waals surface area contributed by atoms with Gasteiger partial charge < -0.3 is 4.98 Å². The van der Waals surface area contributed by atoms with Gasteiger partial charge in [0.1, 0.15) is 5.82 Å². The summed E-state index contributed by atoms with van der Waals surface area (Å²) in [5.41, 5.74) is 3.23. The Morgan fingerprint density at radius 1 is 1.30 bits per heavy atom. The molecule has 0 aliphatic rings. The topological polar surface area (TPSA) is 20.7 Å². The molecule has 1 N–H and O–H groups in total. The van der Waals surface area contributed by atoms with Crippen LogP contribution in [0.25, 0.3) is 16.7 Å². The van der Waals surface area contributed by atoms with E-state index in [0.717, 1.165) is 16.8 Å². The number of nitrogens with one attached hydrogen (secondary N) is 1. The van der Waals surface area contributed by atoms with Crippen molar-refractivity contribution in [2.45, 2.75) is 6.92 Å². The monoisotopic (exact) mass is 370 g/mol. The van der Waals surface area contributed by atoms with Gasteiger partial charge in [-0.15, -0.1) is 0 Å². The number of halogens is 3. The first-order valence-corrected chi connectivity index (χ1v) is 7.41. The summed E-state index contributed by atoms with van der Waals surface area (Å²) in [7, 11) is 0. The molecule has 0 aliphatic heterocycles. The Morgan fingerprint density at radius 3 is 2.75 bits per heavy atom. The van der Waals surface area contributed by atoms with E-state index in [1.165, 1.54) is 6.07 Å². The van der Waals surface area contributed by atoms with E-state index in [1.54, 1.807) is 10.6 Å². The summed E-state index contributed by atoms with van der Waals surface area (Å²) in [6, 6.07) is 8.75. The van der Waals surface area contributed by atoms with Gasteiger partial charge in [0, 0.05) is 16.8 Å². The Balaban J connectivity index is 2.35. The molecule has 0 atom stereocenters. The predicted octanol–water partition coefficient (Wildman–Crippen LogP) is 5.55. The number of nitrogens with zero attached hydrogens (tertiary/aromatic N) is 1. The molecule has 0 fully saturated rings. The molecule has 0 unspecified atom stereocenters. The molecular weight excluding hydrogens is 363 g/mol. The maximum Gasteiger partial charge on any atom is 0.182 e. The molecular formula is C14H9BrClFN2S. The lowest BCUT2D eigenvalue weighted by molar-refractivity contribution is 0.622. The van der Waals surface area contributed by atoms with E-state index >= 15 is 0 Å². The predicted molar refractivity (Wildman–Crippen MR) is 85.9 cm³/mol. The zero-order chi connectivity index (χ0) is 14.4. The number of benzene rings is 2. The van der Waals surface area contributed by atoms with Crippen LogP contribution >= 0.6 is 39.7 Å². The van der Waals surface area contributed by atoms with Crippen LogP contribution in [0.15, 0.2) is 34.8 Å². The third-order valence-corrected chi connectivity index (χ3v) is 4.44. The number of aromatic nitrogens is 2. The Labute approximate surface area is 133 Å². The summed E-state index contributed by atoms with van der Waals surface area (Å²) >= 11 is 14.6. The molecule has 0 aliphatic carbocycles. The first kappa shape index (κ1) is 13.8. The van der Waals surface area contributed by atoms with Crippen LogP contribution in [-0.2, 0) is 0 Å². The lowest BCUT2D eigenvalue weighted by Gasteiger charge is -2.07. The maximum atomic E-state index is 13.8. The van der Waals surface area contributed by atoms with E-state index in [9.17, 15) is 4.39 Å². The fraction of sp³-hybridized carbons (Fsp3) is 0.0714. The molecule has 3 rings (SSSR count). The van der Waals surface area contributed by atoms with Crippen molar-refractivity contribution >= 4 is 50.8 Å². The summed E-state index contributed by atoms with van der Waals surface area (Å²) in [6.07, 6.45) is 0. The van der Waals surface area contributed by atoms with E-state index in [4.69, 9.17) is 23.8 Å². The first-order chi connectivity index (χ1) is 9.47. The van der Waals surface area contributed by atoms with Crippen LogP contribution in [0.2, 0.25) is 5.02 Å². The maximum absolute atomic E-state index is 13.8.